The maximum Gasteiger partial charge on any atom is 0.332 e. The van der Waals surface area contributed by atoms with Crippen LogP contribution in [0.4, 0.5) is 0 Å². The van der Waals surface area contributed by atoms with E-state index in [1.807, 2.05) is 32.2 Å². The van der Waals surface area contributed by atoms with Crippen LogP contribution in [0, 0.1) is 5.92 Å². The number of aryl methyl sites for hydroxylation is 1. The summed E-state index contributed by atoms with van der Waals surface area (Å²) in [4.78, 5) is 30.2. The van der Waals surface area contributed by atoms with E-state index in [9.17, 15) is 18.0 Å². The molecule has 0 amide bonds. The molecule has 0 aliphatic carbocycles. The number of nitrogens with zero attached hydrogens (tertiary/aromatic N) is 5. The second-order valence-electron chi connectivity index (χ2n) is 11.9. The molecule has 41 heavy (non-hydrogen) atoms. The van der Waals surface area contributed by atoms with Crippen molar-refractivity contribution in [1.82, 2.24) is 33.2 Å². The van der Waals surface area contributed by atoms with E-state index >= 15 is 0 Å². The van der Waals surface area contributed by atoms with Crippen LogP contribution in [-0.2, 0) is 37.2 Å². The van der Waals surface area contributed by atoms with Gasteiger partial charge in [0.1, 0.15) is 16.0 Å². The Labute approximate surface area is 242 Å². The Balaban J connectivity index is 1.82. The van der Waals surface area contributed by atoms with Crippen LogP contribution in [0.15, 0.2) is 51.1 Å². The topological polar surface area (TPSA) is 129 Å². The number of aromatic nitrogens is 6. The van der Waals surface area contributed by atoms with Gasteiger partial charge in [0.05, 0.1) is 12.2 Å². The van der Waals surface area contributed by atoms with Crippen LogP contribution in [-0.4, -0.2) is 42.4 Å². The quantitative estimate of drug-likeness (QED) is 0.294. The van der Waals surface area contributed by atoms with Crippen LogP contribution < -0.4 is 16.0 Å². The summed E-state index contributed by atoms with van der Waals surface area (Å²) in [7, 11) is -0.709. The first kappa shape index (κ1) is 28.9. The molecule has 0 fully saturated rings. The van der Waals surface area contributed by atoms with Gasteiger partial charge in [0.25, 0.3) is 5.56 Å². The third kappa shape index (κ3) is 5.27. The Kier molecular flexibility index (Phi) is 7.07. The summed E-state index contributed by atoms with van der Waals surface area (Å²) < 4.78 is 35.1. The first-order valence-corrected chi connectivity index (χ1v) is 15.1. The van der Waals surface area contributed by atoms with Gasteiger partial charge in [-0.2, -0.15) is 5.10 Å². The highest BCUT2D eigenvalue weighted by Crippen LogP contribution is 2.31. The Hall–Kier alpha value is -3.61. The van der Waals surface area contributed by atoms with Gasteiger partial charge in [-0.1, -0.05) is 25.4 Å². The van der Waals surface area contributed by atoms with E-state index in [0.29, 0.717) is 23.0 Å². The van der Waals surface area contributed by atoms with Crippen molar-refractivity contribution < 1.29 is 8.42 Å². The van der Waals surface area contributed by atoms with Crippen molar-refractivity contribution in [2.75, 3.05) is 0 Å². The van der Waals surface area contributed by atoms with E-state index in [4.69, 9.17) is 16.7 Å². The molecule has 218 valence electrons. The zero-order chi connectivity index (χ0) is 30.0. The second-order valence-corrected chi connectivity index (χ2v) is 14.0. The van der Waals surface area contributed by atoms with Gasteiger partial charge in [0.15, 0.2) is 5.65 Å². The summed E-state index contributed by atoms with van der Waals surface area (Å²) in [5.74, 6) is 0.105. The van der Waals surface area contributed by atoms with Crippen LogP contribution >= 0.6 is 11.6 Å². The number of sulfonamides is 1. The molecule has 5 aromatic rings. The first-order chi connectivity index (χ1) is 19.1. The molecule has 1 aromatic carbocycles. The van der Waals surface area contributed by atoms with Crippen molar-refractivity contribution in [2.45, 2.75) is 58.1 Å². The predicted molar refractivity (Wildman–Crippen MR) is 161 cm³/mol. The number of nitrogens with one attached hydrogen (secondary N) is 2. The molecule has 4 aromatic heterocycles. The molecule has 5 rings (SSSR count). The van der Waals surface area contributed by atoms with Crippen LogP contribution in [0.25, 0.3) is 33.3 Å². The summed E-state index contributed by atoms with van der Waals surface area (Å²) in [5.41, 5.74) is 1.21. The van der Waals surface area contributed by atoms with Crippen molar-refractivity contribution in [1.29, 1.82) is 0 Å². The summed E-state index contributed by atoms with van der Waals surface area (Å²) in [6.07, 6.45) is 3.36. The third-order valence-corrected chi connectivity index (χ3v) is 8.76. The Bertz CT molecular complexity index is 2040. The summed E-state index contributed by atoms with van der Waals surface area (Å²) >= 11 is 6.29. The van der Waals surface area contributed by atoms with Crippen LogP contribution in [0.5, 0.6) is 0 Å². The van der Waals surface area contributed by atoms with Gasteiger partial charge in [0.2, 0.25) is 10.0 Å². The zero-order valence-electron chi connectivity index (χ0n) is 24.1. The van der Waals surface area contributed by atoms with Gasteiger partial charge in [0, 0.05) is 54.5 Å². The fourth-order valence-electron chi connectivity index (χ4n) is 5.09. The van der Waals surface area contributed by atoms with Gasteiger partial charge < -0.3 is 9.55 Å². The van der Waals surface area contributed by atoms with E-state index in [2.05, 4.69) is 9.71 Å². The highest BCUT2D eigenvalue weighted by atomic mass is 35.5. The van der Waals surface area contributed by atoms with E-state index in [1.54, 1.807) is 43.1 Å². The standard InChI is InChI=1S/C28H34ClN7O4S/c1-16(2)13-35-25-23(26(37)34(7)27(35)38)24(22-11-19(15-33(22)6)41(39,40)32-28(3,4)5)36(31-25)14-17-12-30-21-9-8-18(29)10-20(17)21/h8-12,15-16,30,32H,13-14H2,1-7H3. The first-order valence-electron chi connectivity index (χ1n) is 13.2. The van der Waals surface area contributed by atoms with Crippen LogP contribution in [0.2, 0.25) is 5.02 Å². The van der Waals surface area contributed by atoms with Crippen molar-refractivity contribution >= 4 is 43.6 Å². The lowest BCUT2D eigenvalue weighted by Crippen LogP contribution is -2.40. The molecule has 0 aliphatic rings. The Morgan fingerprint density at radius 3 is 2.49 bits per heavy atom. The number of fused-ring (bicyclic) bond motifs is 2. The van der Waals surface area contributed by atoms with E-state index in [-0.39, 0.29) is 28.4 Å². The Morgan fingerprint density at radius 1 is 1.12 bits per heavy atom. The molecule has 11 nitrogen and oxygen atoms in total. The Morgan fingerprint density at radius 2 is 1.83 bits per heavy atom. The number of hydrogen-bond donors (Lipinski definition) is 2. The molecule has 0 radical (unpaired) electrons. The number of H-pyrrole nitrogens is 1. The monoisotopic (exact) mass is 599 g/mol. The smallest absolute Gasteiger partial charge is 0.332 e. The average Bonchev–Trinajstić information content (AvgIpc) is 3.54. The maximum atomic E-state index is 13.7. The molecule has 0 bridgehead atoms. The van der Waals surface area contributed by atoms with E-state index in [1.165, 1.54) is 23.9 Å². The molecule has 0 spiro atoms. The lowest BCUT2D eigenvalue weighted by Gasteiger charge is -2.19. The number of aromatic amines is 1. The predicted octanol–water partition coefficient (Wildman–Crippen LogP) is 3.82. The number of hydrogen-bond acceptors (Lipinski definition) is 5. The van der Waals surface area contributed by atoms with Crippen molar-refractivity contribution in [2.24, 2.45) is 20.0 Å². The van der Waals surface area contributed by atoms with E-state index < -0.39 is 26.8 Å². The maximum absolute atomic E-state index is 13.7. The van der Waals surface area contributed by atoms with Crippen molar-refractivity contribution in [3.63, 3.8) is 0 Å². The van der Waals surface area contributed by atoms with E-state index in [0.717, 1.165) is 21.0 Å². The minimum absolute atomic E-state index is 0.0528. The fourth-order valence-corrected chi connectivity index (χ4v) is 6.75. The van der Waals surface area contributed by atoms with Crippen LogP contribution in [0.3, 0.4) is 0 Å². The van der Waals surface area contributed by atoms with Gasteiger partial charge >= 0.3 is 5.69 Å². The molecule has 13 heteroatoms. The highest BCUT2D eigenvalue weighted by molar-refractivity contribution is 7.89. The molecule has 2 N–H and O–H groups in total. The second kappa shape index (κ2) is 10.0. The van der Waals surface area contributed by atoms with Gasteiger partial charge in [-0.3, -0.25) is 18.6 Å². The third-order valence-electron chi connectivity index (χ3n) is 6.80. The summed E-state index contributed by atoms with van der Waals surface area (Å²) in [5, 5.41) is 6.52. The largest absolute Gasteiger partial charge is 0.361 e. The molecule has 4 heterocycles. The SMILES string of the molecule is CC(C)Cn1c(=O)n(C)c(=O)c2c(-c3cc(S(=O)(=O)NC(C)(C)C)cn3C)n(Cc3c[nH]c4ccc(Cl)cc34)nc21. The lowest BCUT2D eigenvalue weighted by molar-refractivity contribution is 0.491. The van der Waals surface area contributed by atoms with Crippen LogP contribution in [0.1, 0.15) is 40.2 Å². The normalized spacial score (nSPS) is 12.8. The van der Waals surface area contributed by atoms with Gasteiger partial charge in [-0.25, -0.2) is 17.9 Å². The average molecular weight is 600 g/mol. The highest BCUT2D eigenvalue weighted by Gasteiger charge is 2.28. The molecular weight excluding hydrogens is 566 g/mol. The molecule has 0 atom stereocenters. The number of benzene rings is 1. The molecule has 0 aliphatic heterocycles. The zero-order valence-corrected chi connectivity index (χ0v) is 25.7. The minimum Gasteiger partial charge on any atom is -0.361 e. The van der Waals surface area contributed by atoms with Crippen molar-refractivity contribution in [3.8, 4) is 11.4 Å². The minimum atomic E-state index is -3.87. The molecular formula is C28H34ClN7O4S. The number of halogens is 1. The lowest BCUT2D eigenvalue weighted by atomic mass is 10.1. The van der Waals surface area contributed by atoms with Gasteiger partial charge in [-0.05, 0) is 56.5 Å². The summed E-state index contributed by atoms with van der Waals surface area (Å²) in [6.45, 7) is 9.84. The van der Waals surface area contributed by atoms with Crippen molar-refractivity contribution in [3.05, 3.63) is 68.1 Å². The molecule has 0 unspecified atom stereocenters. The van der Waals surface area contributed by atoms with Gasteiger partial charge in [-0.15, -0.1) is 0 Å². The number of rotatable bonds is 7. The molecule has 0 saturated heterocycles. The summed E-state index contributed by atoms with van der Waals surface area (Å²) in [6, 6.07) is 7.06. The fraction of sp³-hybridized carbons (Fsp3) is 0.393. The molecule has 0 saturated carbocycles.